The number of hydrogen-bond acceptors (Lipinski definition) is 11. The Kier molecular flexibility index (Phi) is 9.04. The van der Waals surface area contributed by atoms with Gasteiger partial charge in [-0.1, -0.05) is 11.6 Å². The fourth-order valence-electron chi connectivity index (χ4n) is 4.25. The molecule has 0 aliphatic carbocycles. The van der Waals surface area contributed by atoms with Crippen molar-refractivity contribution >= 4 is 21.4 Å². The number of aromatic nitrogens is 6. The van der Waals surface area contributed by atoms with Crippen molar-refractivity contribution in [1.29, 1.82) is 0 Å². The molecule has 3 atom stereocenters. The minimum Gasteiger partial charge on any atom is -0.485 e. The molecule has 0 saturated heterocycles. The molecule has 0 unspecified atom stereocenters. The number of ether oxygens (including phenoxy) is 4. The van der Waals surface area contributed by atoms with Crippen molar-refractivity contribution in [2.45, 2.75) is 70.0 Å². The molecule has 0 saturated carbocycles. The Hall–Kier alpha value is -2.87. The van der Waals surface area contributed by atoms with Crippen LogP contribution in [-0.2, 0) is 25.1 Å². The molecule has 12 nitrogen and oxygen atoms in total. The average molecular weight is 581 g/mol. The number of rotatable bonds is 11. The second-order valence-electron chi connectivity index (χ2n) is 9.77. The Labute approximate surface area is 233 Å². The fraction of sp³-hybridized carbons (Fsp3) is 0.560. The van der Waals surface area contributed by atoms with Crippen LogP contribution in [0.2, 0.25) is 5.02 Å². The molecule has 0 aromatic carbocycles. The first-order valence-electron chi connectivity index (χ1n) is 12.6. The first-order chi connectivity index (χ1) is 18.5. The zero-order valence-corrected chi connectivity index (χ0v) is 24.3. The average Bonchev–Trinajstić information content (AvgIpc) is 3.20. The van der Waals surface area contributed by atoms with E-state index in [0.29, 0.717) is 28.0 Å². The maximum atomic E-state index is 13.8. The summed E-state index contributed by atoms with van der Waals surface area (Å²) in [6.45, 7) is 9.41. The van der Waals surface area contributed by atoms with Gasteiger partial charge in [0.25, 0.3) is 5.88 Å². The van der Waals surface area contributed by atoms with Gasteiger partial charge in [0.15, 0.2) is 27.2 Å². The smallest absolute Gasteiger partial charge is 0.258 e. The molecular weight excluding hydrogens is 548 g/mol. The van der Waals surface area contributed by atoms with Crippen molar-refractivity contribution in [3.63, 3.8) is 0 Å². The third kappa shape index (κ3) is 6.48. The lowest BCUT2D eigenvalue weighted by molar-refractivity contribution is 0.00142. The predicted octanol–water partition coefficient (Wildman–Crippen LogP) is 3.62. The normalized spacial score (nSPS) is 16.8. The first kappa shape index (κ1) is 29.1. The number of hydrogen-bond donors (Lipinski definition) is 0. The number of pyridine rings is 1. The van der Waals surface area contributed by atoms with Crippen LogP contribution in [-0.4, -0.2) is 75.9 Å². The SMILES string of the molecule is COC[C@H]1COc2c(ccnc2OC(C)C)-c2nnc(CS(=O)(=O)[C@@H](C)[C@@H](OC(C)C)c3ncc(Cl)cn3)n21. The summed E-state index contributed by atoms with van der Waals surface area (Å²) in [5, 5.41) is 8.02. The van der Waals surface area contributed by atoms with Crippen molar-refractivity contribution in [1.82, 2.24) is 29.7 Å². The van der Waals surface area contributed by atoms with Gasteiger partial charge in [-0.3, -0.25) is 0 Å². The van der Waals surface area contributed by atoms with Gasteiger partial charge in [-0.25, -0.2) is 23.4 Å². The summed E-state index contributed by atoms with van der Waals surface area (Å²) in [5.41, 5.74) is 0.596. The van der Waals surface area contributed by atoms with E-state index >= 15 is 0 Å². The van der Waals surface area contributed by atoms with Gasteiger partial charge in [0.1, 0.15) is 24.3 Å². The van der Waals surface area contributed by atoms with Gasteiger partial charge in [0.05, 0.1) is 40.7 Å². The highest BCUT2D eigenvalue weighted by Gasteiger charge is 2.37. The molecule has 3 aromatic rings. The third-order valence-electron chi connectivity index (χ3n) is 6.01. The van der Waals surface area contributed by atoms with Gasteiger partial charge in [-0.15, -0.1) is 10.2 Å². The molecular formula is C25H33ClN6O6S. The number of sulfone groups is 1. The van der Waals surface area contributed by atoms with Gasteiger partial charge in [0, 0.05) is 25.7 Å². The summed E-state index contributed by atoms with van der Waals surface area (Å²) < 4.78 is 52.7. The van der Waals surface area contributed by atoms with Gasteiger partial charge in [0.2, 0.25) is 0 Å². The minimum atomic E-state index is -3.85. The summed E-state index contributed by atoms with van der Waals surface area (Å²) in [6.07, 6.45) is 3.10. The van der Waals surface area contributed by atoms with E-state index in [1.54, 1.807) is 30.9 Å². The van der Waals surface area contributed by atoms with Crippen molar-refractivity contribution in [3.05, 3.63) is 41.3 Å². The molecule has 4 heterocycles. The Bertz CT molecular complexity index is 1380. The van der Waals surface area contributed by atoms with E-state index in [1.807, 2.05) is 27.7 Å². The molecule has 0 N–H and O–H groups in total. The van der Waals surface area contributed by atoms with Crippen LogP contribution < -0.4 is 9.47 Å². The second-order valence-corrected chi connectivity index (χ2v) is 12.6. The lowest BCUT2D eigenvalue weighted by Gasteiger charge is -2.25. The Morgan fingerprint density at radius 3 is 2.46 bits per heavy atom. The Morgan fingerprint density at radius 1 is 1.10 bits per heavy atom. The van der Waals surface area contributed by atoms with Crippen LogP contribution in [0.1, 0.15) is 58.4 Å². The van der Waals surface area contributed by atoms with E-state index in [-0.39, 0.29) is 37.1 Å². The van der Waals surface area contributed by atoms with E-state index in [1.165, 1.54) is 12.4 Å². The number of fused-ring (bicyclic) bond motifs is 3. The maximum Gasteiger partial charge on any atom is 0.258 e. The molecule has 1 aliphatic rings. The topological polar surface area (TPSA) is 140 Å². The van der Waals surface area contributed by atoms with E-state index in [2.05, 4.69) is 25.1 Å². The van der Waals surface area contributed by atoms with E-state index < -0.39 is 33.0 Å². The number of methoxy groups -OCH3 is 1. The monoisotopic (exact) mass is 580 g/mol. The molecule has 1 aliphatic heterocycles. The van der Waals surface area contributed by atoms with E-state index in [4.69, 9.17) is 30.5 Å². The molecule has 14 heteroatoms. The van der Waals surface area contributed by atoms with Gasteiger partial charge < -0.3 is 23.5 Å². The van der Waals surface area contributed by atoms with Crippen LogP contribution >= 0.6 is 11.6 Å². The molecule has 39 heavy (non-hydrogen) atoms. The molecule has 0 bridgehead atoms. The molecule has 0 fully saturated rings. The van der Waals surface area contributed by atoms with Crippen LogP contribution in [0.4, 0.5) is 0 Å². The molecule has 212 valence electrons. The van der Waals surface area contributed by atoms with Crippen LogP contribution in [0.3, 0.4) is 0 Å². The summed E-state index contributed by atoms with van der Waals surface area (Å²) in [5.74, 6) is 1.27. The van der Waals surface area contributed by atoms with Crippen LogP contribution in [0, 0.1) is 0 Å². The Balaban J connectivity index is 1.73. The van der Waals surface area contributed by atoms with E-state index in [0.717, 1.165) is 0 Å². The third-order valence-corrected chi connectivity index (χ3v) is 8.24. The fourth-order valence-corrected chi connectivity index (χ4v) is 5.73. The zero-order chi connectivity index (χ0) is 28.3. The molecule has 0 amide bonds. The van der Waals surface area contributed by atoms with Gasteiger partial charge >= 0.3 is 0 Å². The summed E-state index contributed by atoms with van der Waals surface area (Å²) in [4.78, 5) is 12.8. The zero-order valence-electron chi connectivity index (χ0n) is 22.7. The summed E-state index contributed by atoms with van der Waals surface area (Å²) in [7, 11) is -2.29. The highest BCUT2D eigenvalue weighted by molar-refractivity contribution is 7.91. The van der Waals surface area contributed by atoms with E-state index in [9.17, 15) is 8.42 Å². The lowest BCUT2D eigenvalue weighted by Crippen LogP contribution is -2.32. The highest BCUT2D eigenvalue weighted by atomic mass is 35.5. The maximum absolute atomic E-state index is 13.8. The number of nitrogens with zero attached hydrogens (tertiary/aromatic N) is 6. The molecule has 4 rings (SSSR count). The molecule has 0 radical (unpaired) electrons. The van der Waals surface area contributed by atoms with Crippen molar-refractivity contribution < 1.29 is 27.4 Å². The summed E-state index contributed by atoms with van der Waals surface area (Å²) in [6, 6.07) is 1.34. The first-order valence-corrected chi connectivity index (χ1v) is 14.7. The quantitative estimate of drug-likeness (QED) is 0.328. The standard InChI is InChI=1S/C25H33ClN6O6S/c1-14(2)37-21(23-28-9-17(26)10-29-23)16(5)39(33,34)13-20-30-31-24-19-7-8-27-25(38-15(3)4)22(19)36-12-18(11-35-6)32(20)24/h7-10,14-16,18,21H,11-13H2,1-6H3/t16-,18-,21+/m0/s1. The Morgan fingerprint density at radius 2 is 1.82 bits per heavy atom. The van der Waals surface area contributed by atoms with Crippen molar-refractivity contribution in [3.8, 4) is 23.0 Å². The lowest BCUT2D eigenvalue weighted by atomic mass is 10.2. The van der Waals surface area contributed by atoms with Crippen molar-refractivity contribution in [2.24, 2.45) is 0 Å². The summed E-state index contributed by atoms with van der Waals surface area (Å²) >= 11 is 5.94. The molecule has 0 spiro atoms. The van der Waals surface area contributed by atoms with Crippen molar-refractivity contribution in [2.75, 3.05) is 20.3 Å². The number of halogens is 1. The van der Waals surface area contributed by atoms with Crippen LogP contribution in [0.15, 0.2) is 24.7 Å². The van der Waals surface area contributed by atoms with Crippen LogP contribution in [0.25, 0.3) is 11.4 Å². The second kappa shape index (κ2) is 12.1. The highest BCUT2D eigenvalue weighted by Crippen LogP contribution is 2.40. The van der Waals surface area contributed by atoms with Crippen LogP contribution in [0.5, 0.6) is 11.6 Å². The predicted molar refractivity (Wildman–Crippen MR) is 144 cm³/mol. The van der Waals surface area contributed by atoms with Gasteiger partial charge in [-0.2, -0.15) is 0 Å². The molecule has 3 aromatic heterocycles. The minimum absolute atomic E-state index is 0.128. The van der Waals surface area contributed by atoms with Gasteiger partial charge in [-0.05, 0) is 40.7 Å². The largest absolute Gasteiger partial charge is 0.485 e.